The van der Waals surface area contributed by atoms with Crippen molar-refractivity contribution in [1.29, 1.82) is 0 Å². The van der Waals surface area contributed by atoms with E-state index < -0.39 is 5.97 Å². The number of carboxylic acids is 1. The molecule has 6 heteroatoms. The van der Waals surface area contributed by atoms with Crippen LogP contribution in [-0.4, -0.2) is 34.6 Å². The molecule has 0 aliphatic carbocycles. The molecule has 0 radical (unpaired) electrons. The summed E-state index contributed by atoms with van der Waals surface area (Å²) in [6, 6.07) is 0. The van der Waals surface area contributed by atoms with E-state index in [4.69, 9.17) is 5.11 Å². The van der Waals surface area contributed by atoms with Crippen LogP contribution in [0.2, 0.25) is 0 Å². The molecule has 0 unspecified atom stereocenters. The van der Waals surface area contributed by atoms with Crippen molar-refractivity contribution in [3.63, 3.8) is 0 Å². The van der Waals surface area contributed by atoms with Crippen LogP contribution in [0.15, 0.2) is 11.7 Å². The maximum Gasteiger partial charge on any atom is 0.305 e. The van der Waals surface area contributed by atoms with Gasteiger partial charge in [-0.05, 0) is 17.9 Å². The molecule has 0 saturated carbocycles. The number of carbonyl (C=O) groups is 1. The van der Waals surface area contributed by atoms with Crippen LogP contribution in [0.3, 0.4) is 0 Å². The Morgan fingerprint density at radius 3 is 3.00 bits per heavy atom. The molecule has 0 spiro atoms. The van der Waals surface area contributed by atoms with Gasteiger partial charge >= 0.3 is 5.97 Å². The number of rotatable bonds is 4. The van der Waals surface area contributed by atoms with E-state index in [1.54, 1.807) is 11.3 Å². The number of hydrogen-bond donors (Lipinski definition) is 1. The van der Waals surface area contributed by atoms with Crippen LogP contribution >= 0.6 is 11.3 Å². The number of fused-ring (bicyclic) bond motifs is 1. The number of anilines is 1. The molecular formula is C11H13N3O2S. The second-order valence-electron chi connectivity index (χ2n) is 3.86. The van der Waals surface area contributed by atoms with Gasteiger partial charge in [0.25, 0.3) is 0 Å². The smallest absolute Gasteiger partial charge is 0.305 e. The van der Waals surface area contributed by atoms with Gasteiger partial charge in [0.15, 0.2) is 0 Å². The van der Waals surface area contributed by atoms with E-state index in [0.29, 0.717) is 6.54 Å². The molecule has 0 aromatic carbocycles. The van der Waals surface area contributed by atoms with E-state index >= 15 is 0 Å². The van der Waals surface area contributed by atoms with Crippen molar-refractivity contribution in [2.24, 2.45) is 0 Å². The summed E-state index contributed by atoms with van der Waals surface area (Å²) >= 11 is 1.59. The summed E-state index contributed by atoms with van der Waals surface area (Å²) in [7, 11) is 1.85. The monoisotopic (exact) mass is 251 g/mol. The molecule has 0 bridgehead atoms. The van der Waals surface area contributed by atoms with Crippen LogP contribution in [0.25, 0.3) is 10.2 Å². The van der Waals surface area contributed by atoms with Crippen LogP contribution < -0.4 is 4.90 Å². The number of thiophene rings is 1. The van der Waals surface area contributed by atoms with Gasteiger partial charge in [0, 0.05) is 13.6 Å². The standard InChI is InChI=1S/C11H13N3O2S/c1-7-5-17-10-9(7)12-6-13-11(10)14(2)4-3-8(15)16/h5-6H,3-4H2,1-2H3,(H,15,16). The summed E-state index contributed by atoms with van der Waals surface area (Å²) in [6.45, 7) is 2.45. The fourth-order valence-electron chi connectivity index (χ4n) is 1.60. The Kier molecular flexibility index (Phi) is 3.23. The lowest BCUT2D eigenvalue weighted by Crippen LogP contribution is -2.22. The van der Waals surface area contributed by atoms with Crippen molar-refractivity contribution in [1.82, 2.24) is 9.97 Å². The van der Waals surface area contributed by atoms with Gasteiger partial charge in [-0.25, -0.2) is 9.97 Å². The summed E-state index contributed by atoms with van der Waals surface area (Å²) < 4.78 is 1.01. The second kappa shape index (κ2) is 4.67. The number of hydrogen-bond acceptors (Lipinski definition) is 5. The summed E-state index contributed by atoms with van der Waals surface area (Å²) in [5.74, 6) is -0.00106. The minimum absolute atomic E-state index is 0.104. The van der Waals surface area contributed by atoms with E-state index in [-0.39, 0.29) is 6.42 Å². The van der Waals surface area contributed by atoms with Gasteiger partial charge in [-0.1, -0.05) is 0 Å². The lowest BCUT2D eigenvalue weighted by molar-refractivity contribution is -0.136. The summed E-state index contributed by atoms with van der Waals surface area (Å²) in [6.07, 6.45) is 1.63. The fraction of sp³-hybridized carbons (Fsp3) is 0.364. The summed E-state index contributed by atoms with van der Waals surface area (Å²) in [5.41, 5.74) is 2.07. The number of aromatic nitrogens is 2. The Balaban J connectivity index is 2.31. The van der Waals surface area contributed by atoms with Crippen molar-refractivity contribution in [3.8, 4) is 0 Å². The topological polar surface area (TPSA) is 66.3 Å². The molecule has 2 aromatic heterocycles. The number of carboxylic acid groups (broad SMARTS) is 1. The first-order valence-electron chi connectivity index (χ1n) is 5.21. The van der Waals surface area contributed by atoms with Crippen molar-refractivity contribution in [2.75, 3.05) is 18.5 Å². The molecule has 0 amide bonds. The van der Waals surface area contributed by atoms with Gasteiger partial charge in [-0.3, -0.25) is 4.79 Å². The van der Waals surface area contributed by atoms with Crippen molar-refractivity contribution in [3.05, 3.63) is 17.3 Å². The highest BCUT2D eigenvalue weighted by molar-refractivity contribution is 7.18. The molecule has 2 aromatic rings. The molecule has 90 valence electrons. The SMILES string of the molecule is Cc1csc2c(N(C)CCC(=O)O)ncnc12. The quantitative estimate of drug-likeness (QED) is 0.899. The average molecular weight is 251 g/mol. The molecule has 5 nitrogen and oxygen atoms in total. The van der Waals surface area contributed by atoms with Crippen LogP contribution in [0, 0.1) is 6.92 Å². The molecule has 1 N–H and O–H groups in total. The molecule has 2 rings (SSSR count). The van der Waals surface area contributed by atoms with Gasteiger partial charge in [0.05, 0.1) is 16.6 Å². The first kappa shape index (κ1) is 11.8. The Morgan fingerprint density at radius 2 is 2.29 bits per heavy atom. The van der Waals surface area contributed by atoms with Crippen molar-refractivity contribution in [2.45, 2.75) is 13.3 Å². The summed E-state index contributed by atoms with van der Waals surface area (Å²) in [4.78, 5) is 20.9. The van der Waals surface area contributed by atoms with Gasteiger partial charge in [0.2, 0.25) is 0 Å². The number of nitrogens with zero attached hydrogens (tertiary/aromatic N) is 3. The van der Waals surface area contributed by atoms with Crippen molar-refractivity contribution >= 4 is 33.3 Å². The largest absolute Gasteiger partial charge is 0.481 e. The molecular weight excluding hydrogens is 238 g/mol. The predicted molar refractivity (Wildman–Crippen MR) is 67.7 cm³/mol. The van der Waals surface area contributed by atoms with E-state index in [9.17, 15) is 4.79 Å². The zero-order valence-electron chi connectivity index (χ0n) is 9.67. The van der Waals surface area contributed by atoms with E-state index in [2.05, 4.69) is 9.97 Å². The minimum atomic E-state index is -0.801. The minimum Gasteiger partial charge on any atom is -0.481 e. The van der Waals surface area contributed by atoms with Crippen LogP contribution in [0.5, 0.6) is 0 Å². The molecule has 0 saturated heterocycles. The molecule has 0 fully saturated rings. The Morgan fingerprint density at radius 1 is 1.53 bits per heavy atom. The number of aryl methyl sites for hydroxylation is 1. The van der Waals surface area contributed by atoms with Crippen LogP contribution in [0.4, 0.5) is 5.82 Å². The highest BCUT2D eigenvalue weighted by atomic mass is 32.1. The average Bonchev–Trinajstić information content (AvgIpc) is 2.68. The third kappa shape index (κ3) is 2.36. The summed E-state index contributed by atoms with van der Waals surface area (Å²) in [5, 5.41) is 10.7. The molecule has 0 aliphatic rings. The van der Waals surface area contributed by atoms with E-state index in [1.807, 2.05) is 24.3 Å². The lowest BCUT2D eigenvalue weighted by Gasteiger charge is -2.17. The van der Waals surface area contributed by atoms with Gasteiger partial charge in [-0.2, -0.15) is 0 Å². The fourth-order valence-corrected chi connectivity index (χ4v) is 2.64. The lowest BCUT2D eigenvalue weighted by atomic mass is 10.3. The highest BCUT2D eigenvalue weighted by Crippen LogP contribution is 2.30. The molecule has 2 heterocycles. The third-order valence-corrected chi connectivity index (χ3v) is 3.62. The van der Waals surface area contributed by atoms with Gasteiger partial charge < -0.3 is 10.0 Å². The zero-order chi connectivity index (χ0) is 12.4. The predicted octanol–water partition coefficient (Wildman–Crippen LogP) is 1.91. The van der Waals surface area contributed by atoms with Gasteiger partial charge in [0.1, 0.15) is 12.1 Å². The molecule has 17 heavy (non-hydrogen) atoms. The molecule has 0 atom stereocenters. The van der Waals surface area contributed by atoms with Crippen LogP contribution in [-0.2, 0) is 4.79 Å². The highest BCUT2D eigenvalue weighted by Gasteiger charge is 2.12. The second-order valence-corrected chi connectivity index (χ2v) is 4.74. The Hall–Kier alpha value is -1.69. The van der Waals surface area contributed by atoms with E-state index in [0.717, 1.165) is 21.6 Å². The van der Waals surface area contributed by atoms with Gasteiger partial charge in [-0.15, -0.1) is 11.3 Å². The first-order valence-corrected chi connectivity index (χ1v) is 6.09. The van der Waals surface area contributed by atoms with Crippen LogP contribution in [0.1, 0.15) is 12.0 Å². The normalized spacial score (nSPS) is 10.7. The Bertz CT molecular complexity index is 553. The third-order valence-electron chi connectivity index (χ3n) is 2.53. The van der Waals surface area contributed by atoms with E-state index in [1.165, 1.54) is 6.33 Å². The van der Waals surface area contributed by atoms with Crippen molar-refractivity contribution < 1.29 is 9.90 Å². The number of aliphatic carboxylic acids is 1. The molecule has 0 aliphatic heterocycles. The first-order chi connectivity index (χ1) is 8.09. The maximum atomic E-state index is 10.5. The Labute approximate surface area is 103 Å². The zero-order valence-corrected chi connectivity index (χ0v) is 10.5. The maximum absolute atomic E-state index is 10.5.